The van der Waals surface area contributed by atoms with E-state index in [1.807, 2.05) is 6.92 Å². The molecule has 1 aromatic rings. The Kier molecular flexibility index (Phi) is 5.98. The highest BCUT2D eigenvalue weighted by Gasteiger charge is 2.20. The molecule has 2 atom stereocenters. The Morgan fingerprint density at radius 2 is 2.05 bits per heavy atom. The second-order valence-electron chi connectivity index (χ2n) is 5.19. The number of rotatable bonds is 7. The van der Waals surface area contributed by atoms with E-state index < -0.39 is 0 Å². The van der Waals surface area contributed by atoms with E-state index in [1.54, 1.807) is 0 Å². The minimum absolute atomic E-state index is 0.266. The molecule has 2 heterocycles. The summed E-state index contributed by atoms with van der Waals surface area (Å²) in [6.07, 6.45) is 3.09. The van der Waals surface area contributed by atoms with Gasteiger partial charge in [-0.3, -0.25) is 0 Å². The summed E-state index contributed by atoms with van der Waals surface area (Å²) in [7, 11) is 0. The molecule has 1 aliphatic heterocycles. The fraction of sp³-hybridized carbons (Fsp3) is 0.786. The van der Waals surface area contributed by atoms with Crippen molar-refractivity contribution in [1.29, 1.82) is 0 Å². The van der Waals surface area contributed by atoms with Crippen molar-refractivity contribution in [1.82, 2.24) is 15.0 Å². The maximum absolute atomic E-state index is 5.55. The van der Waals surface area contributed by atoms with Crippen LogP contribution in [0.4, 0.5) is 11.9 Å². The molecule has 1 aliphatic rings. The van der Waals surface area contributed by atoms with Crippen molar-refractivity contribution < 1.29 is 9.47 Å². The van der Waals surface area contributed by atoms with Crippen LogP contribution < -0.4 is 15.4 Å². The van der Waals surface area contributed by atoms with Crippen LogP contribution in [0.25, 0.3) is 0 Å². The lowest BCUT2D eigenvalue weighted by Crippen LogP contribution is -2.33. The van der Waals surface area contributed by atoms with Gasteiger partial charge in [0.1, 0.15) is 0 Å². The molecule has 2 rings (SSSR count). The summed E-state index contributed by atoms with van der Waals surface area (Å²) in [6.45, 7) is 8.26. The summed E-state index contributed by atoms with van der Waals surface area (Å²) >= 11 is 0. The van der Waals surface area contributed by atoms with Gasteiger partial charge in [0.25, 0.3) is 0 Å². The van der Waals surface area contributed by atoms with Crippen LogP contribution in [-0.2, 0) is 4.74 Å². The van der Waals surface area contributed by atoms with Gasteiger partial charge < -0.3 is 20.1 Å². The summed E-state index contributed by atoms with van der Waals surface area (Å²) in [5.41, 5.74) is 0. The van der Waals surface area contributed by atoms with Crippen LogP contribution in [0.1, 0.15) is 40.0 Å². The smallest absolute Gasteiger partial charge is 0.323 e. The Bertz CT molecular complexity index is 443. The largest absolute Gasteiger partial charge is 0.463 e. The van der Waals surface area contributed by atoms with Crippen LogP contribution in [0.3, 0.4) is 0 Å². The average Bonchev–Trinajstić information content (AvgIpc) is 2.45. The van der Waals surface area contributed by atoms with Crippen molar-refractivity contribution in [2.45, 2.75) is 52.2 Å². The zero-order valence-electron chi connectivity index (χ0n) is 13.1. The first-order valence-corrected chi connectivity index (χ1v) is 7.72. The van der Waals surface area contributed by atoms with Crippen LogP contribution >= 0.6 is 0 Å². The molecule has 0 spiro atoms. The maximum atomic E-state index is 5.55. The van der Waals surface area contributed by atoms with Crippen LogP contribution in [0.2, 0.25) is 0 Å². The van der Waals surface area contributed by atoms with Crippen molar-refractivity contribution in [3.63, 3.8) is 0 Å². The van der Waals surface area contributed by atoms with E-state index in [1.165, 1.54) is 0 Å². The number of hydrogen-bond acceptors (Lipinski definition) is 7. The van der Waals surface area contributed by atoms with E-state index in [2.05, 4.69) is 39.4 Å². The molecule has 0 amide bonds. The standard InChI is InChI=1S/C14H25N5O2/c1-4-7-21-14-18-12(15-5-2)17-13(19-14)16-11-6-8-20-10(3)9-11/h10-11H,4-9H2,1-3H3,(H2,15,16,17,18,19). The molecule has 2 N–H and O–H groups in total. The Hall–Kier alpha value is -1.63. The summed E-state index contributed by atoms with van der Waals surface area (Å²) in [5, 5.41) is 6.47. The summed E-state index contributed by atoms with van der Waals surface area (Å²) in [4.78, 5) is 13.0. The molecule has 0 saturated carbocycles. The van der Waals surface area contributed by atoms with Gasteiger partial charge in [0.15, 0.2) is 0 Å². The summed E-state index contributed by atoms with van der Waals surface area (Å²) in [5.74, 6) is 1.10. The summed E-state index contributed by atoms with van der Waals surface area (Å²) in [6, 6.07) is 0.690. The van der Waals surface area contributed by atoms with Crippen LogP contribution in [0.5, 0.6) is 6.01 Å². The number of ether oxygens (including phenoxy) is 2. The van der Waals surface area contributed by atoms with E-state index in [9.17, 15) is 0 Å². The third kappa shape index (κ3) is 5.00. The van der Waals surface area contributed by atoms with Gasteiger partial charge in [0.2, 0.25) is 11.9 Å². The fourth-order valence-electron chi connectivity index (χ4n) is 2.23. The molecule has 0 radical (unpaired) electrons. The van der Waals surface area contributed by atoms with E-state index in [0.717, 1.165) is 32.4 Å². The zero-order valence-corrected chi connectivity index (χ0v) is 13.1. The molecule has 2 unspecified atom stereocenters. The third-order valence-corrected chi connectivity index (χ3v) is 3.20. The predicted molar refractivity (Wildman–Crippen MR) is 81.8 cm³/mol. The van der Waals surface area contributed by atoms with Crippen molar-refractivity contribution in [3.05, 3.63) is 0 Å². The van der Waals surface area contributed by atoms with E-state index in [4.69, 9.17) is 9.47 Å². The van der Waals surface area contributed by atoms with Gasteiger partial charge in [-0.15, -0.1) is 0 Å². The van der Waals surface area contributed by atoms with E-state index in [0.29, 0.717) is 30.6 Å². The zero-order chi connectivity index (χ0) is 15.1. The Morgan fingerprint density at radius 1 is 1.24 bits per heavy atom. The van der Waals surface area contributed by atoms with E-state index >= 15 is 0 Å². The molecule has 118 valence electrons. The van der Waals surface area contributed by atoms with Crippen LogP contribution in [0, 0.1) is 0 Å². The molecule has 7 heteroatoms. The Labute approximate surface area is 125 Å². The third-order valence-electron chi connectivity index (χ3n) is 3.20. The SMILES string of the molecule is CCCOc1nc(NCC)nc(NC2CCOC(C)C2)n1. The van der Waals surface area contributed by atoms with Crippen LogP contribution in [0.15, 0.2) is 0 Å². The molecule has 21 heavy (non-hydrogen) atoms. The normalized spacial score (nSPS) is 21.9. The maximum Gasteiger partial charge on any atom is 0.323 e. The lowest BCUT2D eigenvalue weighted by atomic mass is 10.0. The minimum Gasteiger partial charge on any atom is -0.463 e. The van der Waals surface area contributed by atoms with E-state index in [-0.39, 0.29) is 6.10 Å². The van der Waals surface area contributed by atoms with Crippen molar-refractivity contribution in [3.8, 4) is 6.01 Å². The predicted octanol–water partition coefficient (Wildman–Crippen LogP) is 2.07. The van der Waals surface area contributed by atoms with Gasteiger partial charge in [0.05, 0.1) is 12.7 Å². The lowest BCUT2D eigenvalue weighted by Gasteiger charge is -2.27. The molecule has 7 nitrogen and oxygen atoms in total. The van der Waals surface area contributed by atoms with Gasteiger partial charge in [0, 0.05) is 19.2 Å². The van der Waals surface area contributed by atoms with Crippen LogP contribution in [-0.4, -0.2) is 46.9 Å². The molecule has 1 aromatic heterocycles. The second kappa shape index (κ2) is 7.97. The lowest BCUT2D eigenvalue weighted by molar-refractivity contribution is 0.0231. The highest BCUT2D eigenvalue weighted by Crippen LogP contribution is 2.18. The summed E-state index contributed by atoms with van der Waals surface area (Å²) < 4.78 is 11.1. The molecule has 1 fully saturated rings. The first-order chi connectivity index (χ1) is 10.2. The highest BCUT2D eigenvalue weighted by molar-refractivity contribution is 5.36. The topological polar surface area (TPSA) is 81.2 Å². The van der Waals surface area contributed by atoms with Gasteiger partial charge >= 0.3 is 6.01 Å². The van der Waals surface area contributed by atoms with Crippen molar-refractivity contribution in [2.75, 3.05) is 30.4 Å². The first-order valence-electron chi connectivity index (χ1n) is 7.72. The first kappa shape index (κ1) is 15.8. The highest BCUT2D eigenvalue weighted by atomic mass is 16.5. The number of aromatic nitrogens is 3. The van der Waals surface area contributed by atoms with Gasteiger partial charge in [-0.05, 0) is 33.1 Å². The number of nitrogens with zero attached hydrogens (tertiary/aromatic N) is 3. The monoisotopic (exact) mass is 295 g/mol. The molecular weight excluding hydrogens is 270 g/mol. The quantitative estimate of drug-likeness (QED) is 0.797. The molecule has 0 aliphatic carbocycles. The molecule has 0 bridgehead atoms. The second-order valence-corrected chi connectivity index (χ2v) is 5.19. The Balaban J connectivity index is 2.06. The number of nitrogens with one attached hydrogen (secondary N) is 2. The van der Waals surface area contributed by atoms with Gasteiger partial charge in [-0.25, -0.2) is 0 Å². The number of anilines is 2. The van der Waals surface area contributed by atoms with Crippen molar-refractivity contribution in [2.24, 2.45) is 0 Å². The Morgan fingerprint density at radius 3 is 2.76 bits per heavy atom. The van der Waals surface area contributed by atoms with Gasteiger partial charge in [-0.1, -0.05) is 6.92 Å². The fourth-order valence-corrected chi connectivity index (χ4v) is 2.23. The average molecular weight is 295 g/mol. The minimum atomic E-state index is 0.266. The number of hydrogen-bond donors (Lipinski definition) is 2. The molecule has 0 aromatic carbocycles. The molecule has 1 saturated heterocycles. The molecular formula is C14H25N5O2. The van der Waals surface area contributed by atoms with Crippen molar-refractivity contribution >= 4 is 11.9 Å². The van der Waals surface area contributed by atoms with Gasteiger partial charge in [-0.2, -0.15) is 15.0 Å².